The van der Waals surface area contributed by atoms with Crippen molar-refractivity contribution in [1.82, 2.24) is 0 Å². The van der Waals surface area contributed by atoms with E-state index in [1.54, 1.807) is 0 Å². The van der Waals surface area contributed by atoms with Gasteiger partial charge in [-0.05, 0) is 40.2 Å². The lowest BCUT2D eigenvalue weighted by atomic mass is 10.1. The zero-order valence-corrected chi connectivity index (χ0v) is 12.3. The van der Waals surface area contributed by atoms with Crippen LogP contribution in [0.4, 0.5) is 14.5 Å². The Morgan fingerprint density at radius 2 is 1.95 bits per heavy atom. The monoisotopic (exact) mass is 356 g/mol. The Labute approximate surface area is 127 Å². The molecule has 0 bridgehead atoms. The molecule has 0 aliphatic carbocycles. The number of primary amides is 1. The standard InChI is InChI=1S/C14H11BrF2N2O2/c15-10-4-9(16)5-12(18)13(10)21-6-8-3-7(14(19)20)1-2-11(8)17/h1-5H,6,18H2,(H2,19,20). The minimum Gasteiger partial charge on any atom is -0.485 e. The third-order valence-electron chi connectivity index (χ3n) is 2.74. The van der Waals surface area contributed by atoms with Crippen molar-refractivity contribution in [3.05, 3.63) is 57.6 Å². The van der Waals surface area contributed by atoms with Crippen molar-refractivity contribution >= 4 is 27.5 Å². The molecule has 7 heteroatoms. The van der Waals surface area contributed by atoms with E-state index in [-0.39, 0.29) is 29.2 Å². The van der Waals surface area contributed by atoms with Gasteiger partial charge in [-0.15, -0.1) is 0 Å². The average molecular weight is 357 g/mol. The number of nitrogen functional groups attached to an aromatic ring is 1. The van der Waals surface area contributed by atoms with Crippen molar-refractivity contribution in [3.63, 3.8) is 0 Å². The summed E-state index contributed by atoms with van der Waals surface area (Å²) in [7, 11) is 0. The number of anilines is 1. The molecule has 0 atom stereocenters. The van der Waals surface area contributed by atoms with Crippen LogP contribution in [-0.4, -0.2) is 5.91 Å². The number of carbonyl (C=O) groups excluding carboxylic acids is 1. The molecule has 2 aromatic rings. The number of halogens is 3. The number of ether oxygens (including phenoxy) is 1. The molecule has 4 N–H and O–H groups in total. The van der Waals surface area contributed by atoms with E-state index in [9.17, 15) is 13.6 Å². The van der Waals surface area contributed by atoms with Crippen LogP contribution in [0.15, 0.2) is 34.8 Å². The summed E-state index contributed by atoms with van der Waals surface area (Å²) in [6.07, 6.45) is 0. The van der Waals surface area contributed by atoms with Crippen molar-refractivity contribution in [3.8, 4) is 5.75 Å². The van der Waals surface area contributed by atoms with Crippen LogP contribution in [-0.2, 0) is 6.61 Å². The fourth-order valence-corrected chi connectivity index (χ4v) is 2.28. The highest BCUT2D eigenvalue weighted by molar-refractivity contribution is 9.10. The normalized spacial score (nSPS) is 10.4. The van der Waals surface area contributed by atoms with Gasteiger partial charge in [0.2, 0.25) is 5.91 Å². The second kappa shape index (κ2) is 6.09. The molecule has 1 amide bonds. The van der Waals surface area contributed by atoms with Crippen molar-refractivity contribution in [1.29, 1.82) is 0 Å². The van der Waals surface area contributed by atoms with Gasteiger partial charge >= 0.3 is 0 Å². The number of carbonyl (C=O) groups is 1. The molecule has 2 rings (SSSR count). The lowest BCUT2D eigenvalue weighted by molar-refractivity contribution is 0.1000. The van der Waals surface area contributed by atoms with Gasteiger partial charge in [0.1, 0.15) is 18.2 Å². The van der Waals surface area contributed by atoms with E-state index < -0.39 is 17.5 Å². The van der Waals surface area contributed by atoms with Gasteiger partial charge in [-0.25, -0.2) is 8.78 Å². The maximum absolute atomic E-state index is 13.7. The molecule has 0 saturated carbocycles. The fraction of sp³-hybridized carbons (Fsp3) is 0.0714. The van der Waals surface area contributed by atoms with Crippen LogP contribution in [0.25, 0.3) is 0 Å². The second-order valence-electron chi connectivity index (χ2n) is 4.27. The van der Waals surface area contributed by atoms with E-state index >= 15 is 0 Å². The number of nitrogens with two attached hydrogens (primary N) is 2. The minimum absolute atomic E-state index is 0.0772. The predicted octanol–water partition coefficient (Wildman–Crippen LogP) is 2.99. The van der Waals surface area contributed by atoms with Crippen LogP contribution in [0.1, 0.15) is 15.9 Å². The van der Waals surface area contributed by atoms with Gasteiger partial charge in [0.15, 0.2) is 5.75 Å². The fourth-order valence-electron chi connectivity index (χ4n) is 1.72. The first-order valence-electron chi connectivity index (χ1n) is 5.84. The van der Waals surface area contributed by atoms with Crippen LogP contribution in [0.3, 0.4) is 0 Å². The van der Waals surface area contributed by atoms with E-state index in [2.05, 4.69) is 15.9 Å². The lowest BCUT2D eigenvalue weighted by Gasteiger charge is -2.12. The molecule has 4 nitrogen and oxygen atoms in total. The van der Waals surface area contributed by atoms with Gasteiger partial charge in [0.05, 0.1) is 10.2 Å². The minimum atomic E-state index is -0.668. The van der Waals surface area contributed by atoms with E-state index in [1.807, 2.05) is 0 Å². The van der Waals surface area contributed by atoms with E-state index in [1.165, 1.54) is 18.2 Å². The van der Waals surface area contributed by atoms with Gasteiger partial charge < -0.3 is 16.2 Å². The first kappa shape index (κ1) is 15.2. The third-order valence-corrected chi connectivity index (χ3v) is 3.33. The molecular weight excluding hydrogens is 346 g/mol. The highest BCUT2D eigenvalue weighted by atomic mass is 79.9. The van der Waals surface area contributed by atoms with E-state index in [0.717, 1.165) is 12.1 Å². The van der Waals surface area contributed by atoms with Gasteiger partial charge in [0.25, 0.3) is 0 Å². The first-order valence-corrected chi connectivity index (χ1v) is 6.63. The van der Waals surface area contributed by atoms with Crippen LogP contribution in [0.5, 0.6) is 5.75 Å². The Morgan fingerprint density at radius 1 is 1.24 bits per heavy atom. The third kappa shape index (κ3) is 3.49. The van der Waals surface area contributed by atoms with Crippen LogP contribution < -0.4 is 16.2 Å². The zero-order chi connectivity index (χ0) is 15.6. The number of benzene rings is 2. The second-order valence-corrected chi connectivity index (χ2v) is 5.12. The Kier molecular flexibility index (Phi) is 4.42. The largest absolute Gasteiger partial charge is 0.485 e. The number of hydrogen-bond acceptors (Lipinski definition) is 3. The molecule has 0 fully saturated rings. The Bertz CT molecular complexity index is 684. The SMILES string of the molecule is NC(=O)c1ccc(F)c(COc2c(N)cc(F)cc2Br)c1. The van der Waals surface area contributed by atoms with Crippen LogP contribution >= 0.6 is 15.9 Å². The van der Waals surface area contributed by atoms with Gasteiger partial charge in [0, 0.05) is 17.2 Å². The average Bonchev–Trinajstić information content (AvgIpc) is 2.39. The Hall–Kier alpha value is -2.15. The van der Waals surface area contributed by atoms with Crippen molar-refractivity contribution < 1.29 is 18.3 Å². The molecule has 0 spiro atoms. The summed E-state index contributed by atoms with van der Waals surface area (Å²) in [5.41, 5.74) is 11.2. The molecule has 21 heavy (non-hydrogen) atoms. The van der Waals surface area contributed by atoms with Gasteiger partial charge in [-0.1, -0.05) is 0 Å². The van der Waals surface area contributed by atoms with E-state index in [0.29, 0.717) is 4.47 Å². The molecule has 0 heterocycles. The van der Waals surface area contributed by atoms with Crippen molar-refractivity contribution in [2.45, 2.75) is 6.61 Å². The highest BCUT2D eigenvalue weighted by Gasteiger charge is 2.12. The maximum Gasteiger partial charge on any atom is 0.248 e. The molecule has 0 saturated heterocycles. The maximum atomic E-state index is 13.7. The summed E-state index contributed by atoms with van der Waals surface area (Å²) in [5, 5.41) is 0. The summed E-state index contributed by atoms with van der Waals surface area (Å²) in [6.45, 7) is -0.179. The first-order chi connectivity index (χ1) is 9.88. The van der Waals surface area contributed by atoms with Crippen LogP contribution in [0.2, 0.25) is 0 Å². The lowest BCUT2D eigenvalue weighted by Crippen LogP contribution is -2.12. The Balaban J connectivity index is 2.24. The topological polar surface area (TPSA) is 78.3 Å². The molecule has 110 valence electrons. The highest BCUT2D eigenvalue weighted by Crippen LogP contribution is 2.33. The molecule has 0 unspecified atom stereocenters. The van der Waals surface area contributed by atoms with Gasteiger partial charge in [-0.2, -0.15) is 0 Å². The number of rotatable bonds is 4. The molecule has 0 aromatic heterocycles. The van der Waals surface area contributed by atoms with E-state index in [4.69, 9.17) is 16.2 Å². The molecule has 0 aliphatic rings. The van der Waals surface area contributed by atoms with Crippen LogP contribution in [0, 0.1) is 11.6 Å². The van der Waals surface area contributed by atoms with Crippen molar-refractivity contribution in [2.75, 3.05) is 5.73 Å². The zero-order valence-electron chi connectivity index (χ0n) is 10.7. The number of hydrogen-bond donors (Lipinski definition) is 2. The molecule has 2 aromatic carbocycles. The summed E-state index contributed by atoms with van der Waals surface area (Å²) in [5.74, 6) is -1.54. The van der Waals surface area contributed by atoms with Crippen molar-refractivity contribution in [2.24, 2.45) is 5.73 Å². The Morgan fingerprint density at radius 3 is 2.57 bits per heavy atom. The molecule has 0 aliphatic heterocycles. The van der Waals surface area contributed by atoms with Gasteiger partial charge in [-0.3, -0.25) is 4.79 Å². The smallest absolute Gasteiger partial charge is 0.248 e. The summed E-state index contributed by atoms with van der Waals surface area (Å²) < 4.78 is 32.5. The quantitative estimate of drug-likeness (QED) is 0.826. The molecule has 0 radical (unpaired) electrons. The summed E-state index contributed by atoms with van der Waals surface area (Å²) in [4.78, 5) is 11.1. The summed E-state index contributed by atoms with van der Waals surface area (Å²) in [6, 6.07) is 5.98. The predicted molar refractivity (Wildman–Crippen MR) is 77.8 cm³/mol. The number of amides is 1. The molecular formula is C14H11BrF2N2O2. The summed E-state index contributed by atoms with van der Waals surface area (Å²) >= 11 is 3.11.